The Bertz CT molecular complexity index is 1630. The number of phenols is 4. The molecule has 6 aromatic rings. The molecule has 33 heavy (non-hydrogen) atoms. The number of nitrogens with zero attached hydrogens (tertiary/aromatic N) is 1. The number of benzene rings is 6. The summed E-state index contributed by atoms with van der Waals surface area (Å²) < 4.78 is 5.02. The summed E-state index contributed by atoms with van der Waals surface area (Å²) in [6, 6.07) is 10.2. The highest BCUT2D eigenvalue weighted by atomic mass is 79.9. The maximum absolute atomic E-state index is 11.7. The van der Waals surface area contributed by atoms with Gasteiger partial charge in [-0.15, -0.1) is 0 Å². The van der Waals surface area contributed by atoms with Crippen molar-refractivity contribution in [1.82, 2.24) is 0 Å². The molecule has 0 aromatic heterocycles. The smallest absolute Gasteiger partial charge is 0.311 e. The predicted octanol–water partition coefficient (Wildman–Crippen LogP) is 5.98. The number of rotatable bonds is 4. The highest BCUT2D eigenvalue weighted by Gasteiger charge is 2.28. The van der Waals surface area contributed by atoms with Crippen LogP contribution in [0, 0.1) is 0 Å². The highest BCUT2D eigenvalue weighted by molar-refractivity contribution is 9.10. The molecule has 0 aliphatic carbocycles. The van der Waals surface area contributed by atoms with Crippen LogP contribution in [0.2, 0.25) is 0 Å². The first-order valence-corrected chi connectivity index (χ1v) is 11.0. The fourth-order valence-electron chi connectivity index (χ4n) is 4.51. The average molecular weight is 508 g/mol. The van der Waals surface area contributed by atoms with Gasteiger partial charge in [-0.25, -0.2) is 0 Å². The third-order valence-electron chi connectivity index (χ3n) is 5.77. The molecule has 166 valence electrons. The molecule has 0 heterocycles. The Morgan fingerprint density at radius 2 is 1.42 bits per heavy atom. The van der Waals surface area contributed by atoms with E-state index in [0.29, 0.717) is 32.3 Å². The van der Waals surface area contributed by atoms with E-state index in [2.05, 4.69) is 20.9 Å². The van der Waals surface area contributed by atoms with Crippen LogP contribution in [0.4, 0.5) is 5.69 Å². The van der Waals surface area contributed by atoms with Crippen molar-refractivity contribution in [3.05, 3.63) is 40.9 Å². The van der Waals surface area contributed by atoms with Crippen molar-refractivity contribution < 1.29 is 30.0 Å². The van der Waals surface area contributed by atoms with Crippen molar-refractivity contribution in [2.24, 2.45) is 4.99 Å². The Balaban J connectivity index is 1.95. The largest absolute Gasteiger partial charge is 0.507 e. The highest BCUT2D eigenvalue weighted by Crippen LogP contribution is 2.58. The summed E-state index contributed by atoms with van der Waals surface area (Å²) >= 11 is 3.32. The van der Waals surface area contributed by atoms with Gasteiger partial charge in [0.15, 0.2) is 5.75 Å². The molecule has 6 aromatic carbocycles. The van der Waals surface area contributed by atoms with Gasteiger partial charge in [-0.05, 0) is 45.8 Å². The molecule has 0 atom stereocenters. The van der Waals surface area contributed by atoms with Gasteiger partial charge in [0.1, 0.15) is 22.9 Å². The average Bonchev–Trinajstić information content (AvgIpc) is 2.81. The van der Waals surface area contributed by atoms with E-state index in [1.54, 1.807) is 6.92 Å². The molecule has 6 rings (SSSR count). The van der Waals surface area contributed by atoms with Crippen molar-refractivity contribution in [2.75, 3.05) is 6.61 Å². The van der Waals surface area contributed by atoms with E-state index in [-0.39, 0.29) is 46.2 Å². The lowest BCUT2D eigenvalue weighted by molar-refractivity contribution is -0.141. The van der Waals surface area contributed by atoms with E-state index >= 15 is 0 Å². The lowest BCUT2D eigenvalue weighted by atomic mass is 9.84. The van der Waals surface area contributed by atoms with E-state index in [1.807, 2.05) is 24.3 Å². The molecule has 8 heteroatoms. The predicted molar refractivity (Wildman–Crippen MR) is 131 cm³/mol. The van der Waals surface area contributed by atoms with Crippen molar-refractivity contribution >= 4 is 76.9 Å². The Hall–Kier alpha value is -3.78. The zero-order valence-corrected chi connectivity index (χ0v) is 19.0. The van der Waals surface area contributed by atoms with Crippen LogP contribution in [-0.2, 0) is 9.53 Å². The molecule has 4 N–H and O–H groups in total. The first-order chi connectivity index (χ1) is 15.9. The summed E-state index contributed by atoms with van der Waals surface area (Å²) in [5, 5.41) is 47.7. The fourth-order valence-corrected chi connectivity index (χ4v) is 5.00. The molecular weight excluding hydrogens is 490 g/mol. The van der Waals surface area contributed by atoms with Crippen molar-refractivity contribution in [3.8, 4) is 23.0 Å². The van der Waals surface area contributed by atoms with E-state index in [1.165, 1.54) is 18.3 Å². The Morgan fingerprint density at radius 3 is 1.97 bits per heavy atom. The second-order valence-corrected chi connectivity index (χ2v) is 8.37. The van der Waals surface area contributed by atoms with Gasteiger partial charge in [-0.2, -0.15) is 0 Å². The molecule has 2 bridgehead atoms. The number of hydrogen-bond donors (Lipinski definition) is 4. The molecule has 0 aliphatic rings. The number of halogens is 1. The Labute approximate surface area is 195 Å². The number of carbonyl (C=O) groups is 1. The Morgan fingerprint density at radius 1 is 0.879 bits per heavy atom. The monoisotopic (exact) mass is 507 g/mol. The SMILES string of the molecule is CCOC(=O)CC=Nc1c(Br)c(O)c2c(c1O)c1c3ccccc3c2c2c(O)ccc(O)c21. The molecular formula is C25H18BrNO6. The maximum Gasteiger partial charge on any atom is 0.311 e. The second-order valence-electron chi connectivity index (χ2n) is 7.58. The van der Waals surface area contributed by atoms with E-state index in [9.17, 15) is 25.2 Å². The third-order valence-corrected chi connectivity index (χ3v) is 6.53. The van der Waals surface area contributed by atoms with Crippen molar-refractivity contribution in [2.45, 2.75) is 13.3 Å². The zero-order chi connectivity index (χ0) is 23.4. The zero-order valence-electron chi connectivity index (χ0n) is 17.4. The first-order valence-electron chi connectivity index (χ1n) is 10.2. The molecule has 0 aliphatic heterocycles. The molecule has 0 fully saturated rings. The van der Waals surface area contributed by atoms with Crippen molar-refractivity contribution in [1.29, 1.82) is 0 Å². The van der Waals surface area contributed by atoms with E-state index in [4.69, 9.17) is 4.74 Å². The summed E-state index contributed by atoms with van der Waals surface area (Å²) in [4.78, 5) is 15.9. The summed E-state index contributed by atoms with van der Waals surface area (Å²) in [7, 11) is 0. The van der Waals surface area contributed by atoms with Crippen LogP contribution in [0.25, 0.3) is 43.1 Å². The first kappa shape index (κ1) is 21.1. The lowest BCUT2D eigenvalue weighted by Gasteiger charge is -2.21. The topological polar surface area (TPSA) is 120 Å². The van der Waals surface area contributed by atoms with Gasteiger partial charge < -0.3 is 25.2 Å². The van der Waals surface area contributed by atoms with E-state index < -0.39 is 5.97 Å². The summed E-state index contributed by atoms with van der Waals surface area (Å²) in [5.74, 6) is -0.996. The number of ether oxygens (including phenoxy) is 1. The number of esters is 1. The summed E-state index contributed by atoms with van der Waals surface area (Å²) in [6.07, 6.45) is 1.19. The van der Waals surface area contributed by atoms with Gasteiger partial charge in [0.2, 0.25) is 0 Å². The molecule has 0 radical (unpaired) electrons. The minimum absolute atomic E-state index is 0.0369. The number of phenolic OH excluding ortho intramolecular Hbond substituents is 4. The summed E-state index contributed by atoms with van der Waals surface area (Å²) in [5.41, 5.74) is 0.0369. The van der Waals surface area contributed by atoms with Crippen LogP contribution in [0.1, 0.15) is 13.3 Å². The van der Waals surface area contributed by atoms with E-state index in [0.717, 1.165) is 10.8 Å². The fraction of sp³-hybridized carbons (Fsp3) is 0.120. The van der Waals surface area contributed by atoms with Crippen LogP contribution in [-0.4, -0.2) is 39.2 Å². The second kappa shape index (κ2) is 7.67. The van der Waals surface area contributed by atoms with Gasteiger partial charge in [-0.1, -0.05) is 24.3 Å². The normalized spacial score (nSPS) is 12.1. The van der Waals surface area contributed by atoms with Gasteiger partial charge in [0.05, 0.1) is 17.5 Å². The molecule has 0 saturated heterocycles. The number of carbonyl (C=O) groups excluding carboxylic acids is 1. The van der Waals surface area contributed by atoms with Crippen LogP contribution >= 0.6 is 15.9 Å². The molecule has 0 spiro atoms. The Kier molecular flexibility index (Phi) is 4.90. The number of aliphatic imine (C=N–C) groups is 1. The molecule has 0 unspecified atom stereocenters. The minimum Gasteiger partial charge on any atom is -0.507 e. The summed E-state index contributed by atoms with van der Waals surface area (Å²) in [6.45, 7) is 1.94. The molecule has 7 nitrogen and oxygen atoms in total. The van der Waals surface area contributed by atoms with Crippen molar-refractivity contribution in [3.63, 3.8) is 0 Å². The van der Waals surface area contributed by atoms with Gasteiger partial charge in [-0.3, -0.25) is 9.79 Å². The van der Waals surface area contributed by atoms with Crippen LogP contribution in [0.15, 0.2) is 45.9 Å². The van der Waals surface area contributed by atoms with Gasteiger partial charge in [0.25, 0.3) is 0 Å². The van der Waals surface area contributed by atoms with Crippen LogP contribution in [0.3, 0.4) is 0 Å². The maximum atomic E-state index is 11.7. The standard InChI is InChI=1S/C25H18BrNO6/c1-2-33-15(30)9-10-27-23-22(26)24(31)20-16-11-5-3-4-6-12(11)17(21(20)25(23)32)19-14(29)8-7-13(28)18(16)19/h3-8,10,28-29,31-32H,2,9H2,1H3. The quantitative estimate of drug-likeness (QED) is 0.103. The third kappa shape index (κ3) is 2.94. The van der Waals surface area contributed by atoms with Crippen LogP contribution < -0.4 is 0 Å². The molecule has 0 saturated carbocycles. The number of aromatic hydroxyl groups is 4. The minimum atomic E-state index is -0.466. The van der Waals surface area contributed by atoms with Gasteiger partial charge >= 0.3 is 5.97 Å². The molecule has 0 amide bonds. The van der Waals surface area contributed by atoms with Gasteiger partial charge in [0, 0.05) is 38.5 Å². The van der Waals surface area contributed by atoms with Crippen LogP contribution in [0.5, 0.6) is 23.0 Å². The lowest BCUT2D eigenvalue weighted by Crippen LogP contribution is -2.03. The number of hydrogen-bond acceptors (Lipinski definition) is 7.